The molecule has 2 aromatic rings. The van der Waals surface area contributed by atoms with Crippen LogP contribution >= 0.6 is 0 Å². The highest BCUT2D eigenvalue weighted by molar-refractivity contribution is 6.03. The van der Waals surface area contributed by atoms with Crippen LogP contribution < -0.4 is 5.32 Å². The van der Waals surface area contributed by atoms with E-state index in [4.69, 9.17) is 0 Å². The van der Waals surface area contributed by atoms with E-state index in [1.54, 1.807) is 0 Å². The Morgan fingerprint density at radius 1 is 1.07 bits per heavy atom. The first-order chi connectivity index (χ1) is 13.6. The van der Waals surface area contributed by atoms with Gasteiger partial charge in [-0.15, -0.1) is 0 Å². The standard InChI is InChI=1S/C23H29N3O2/c1-23(22(28)24-17-9-3-4-10-17)15-25-19-13-7-2-8-16(19)14-20(25)21(27)26(23)18-11-5-6-12-18/h2,7-8,13-14,17-18H,3-6,9-12,15H2,1H3,(H,24,28)/t23-/m1/s1. The number of nitrogens with zero attached hydrogens (tertiary/aromatic N) is 2. The summed E-state index contributed by atoms with van der Waals surface area (Å²) >= 11 is 0. The van der Waals surface area contributed by atoms with Gasteiger partial charge in [-0.05, 0) is 44.7 Å². The molecule has 2 fully saturated rings. The Labute approximate surface area is 166 Å². The monoisotopic (exact) mass is 379 g/mol. The van der Waals surface area contributed by atoms with Crippen LogP contribution in [0.3, 0.4) is 0 Å². The van der Waals surface area contributed by atoms with E-state index in [2.05, 4.69) is 9.88 Å². The fourth-order valence-corrected chi connectivity index (χ4v) is 5.61. The molecule has 2 saturated carbocycles. The summed E-state index contributed by atoms with van der Waals surface area (Å²) in [6.07, 6.45) is 8.73. The number of para-hydroxylation sites is 1. The maximum absolute atomic E-state index is 13.7. The van der Waals surface area contributed by atoms with Gasteiger partial charge in [0.1, 0.15) is 11.2 Å². The smallest absolute Gasteiger partial charge is 0.271 e. The van der Waals surface area contributed by atoms with Gasteiger partial charge in [0.05, 0.1) is 6.54 Å². The third kappa shape index (κ3) is 2.66. The van der Waals surface area contributed by atoms with Crippen LogP contribution in [0.25, 0.3) is 10.9 Å². The maximum Gasteiger partial charge on any atom is 0.271 e. The fourth-order valence-electron chi connectivity index (χ4n) is 5.61. The minimum Gasteiger partial charge on any atom is -0.351 e. The number of fused-ring (bicyclic) bond motifs is 3. The lowest BCUT2D eigenvalue weighted by Gasteiger charge is -2.47. The molecule has 1 N–H and O–H groups in total. The zero-order valence-corrected chi connectivity index (χ0v) is 16.6. The molecule has 0 bridgehead atoms. The van der Waals surface area contributed by atoms with E-state index in [0.717, 1.165) is 55.1 Å². The van der Waals surface area contributed by atoms with Gasteiger partial charge >= 0.3 is 0 Å². The van der Waals surface area contributed by atoms with E-state index < -0.39 is 5.54 Å². The molecule has 2 heterocycles. The highest BCUT2D eigenvalue weighted by Crippen LogP contribution is 2.38. The topological polar surface area (TPSA) is 54.3 Å². The Morgan fingerprint density at radius 2 is 1.75 bits per heavy atom. The van der Waals surface area contributed by atoms with E-state index >= 15 is 0 Å². The number of nitrogens with one attached hydrogen (secondary N) is 1. The number of hydrogen-bond donors (Lipinski definition) is 1. The van der Waals surface area contributed by atoms with Crippen LogP contribution in [-0.2, 0) is 11.3 Å². The zero-order chi connectivity index (χ0) is 19.3. The van der Waals surface area contributed by atoms with Crippen LogP contribution in [0, 0.1) is 0 Å². The molecule has 1 aliphatic heterocycles. The Morgan fingerprint density at radius 3 is 2.50 bits per heavy atom. The molecule has 1 aromatic heterocycles. The van der Waals surface area contributed by atoms with Crippen molar-refractivity contribution < 1.29 is 9.59 Å². The molecule has 2 amide bonds. The van der Waals surface area contributed by atoms with Crippen LogP contribution in [0.4, 0.5) is 0 Å². The van der Waals surface area contributed by atoms with E-state index in [9.17, 15) is 9.59 Å². The molecule has 0 radical (unpaired) electrons. The van der Waals surface area contributed by atoms with Crippen LogP contribution in [0.15, 0.2) is 30.3 Å². The van der Waals surface area contributed by atoms with Gasteiger partial charge in [0, 0.05) is 23.0 Å². The van der Waals surface area contributed by atoms with Crippen LogP contribution in [0.5, 0.6) is 0 Å². The summed E-state index contributed by atoms with van der Waals surface area (Å²) in [5.41, 5.74) is 0.916. The number of hydrogen-bond acceptors (Lipinski definition) is 2. The molecule has 5 nitrogen and oxygen atoms in total. The lowest BCUT2D eigenvalue weighted by atomic mass is 9.91. The van der Waals surface area contributed by atoms with Crippen molar-refractivity contribution in [2.24, 2.45) is 0 Å². The van der Waals surface area contributed by atoms with E-state index in [1.165, 1.54) is 12.8 Å². The Balaban J connectivity index is 1.58. The van der Waals surface area contributed by atoms with Crippen molar-refractivity contribution in [3.63, 3.8) is 0 Å². The van der Waals surface area contributed by atoms with Crippen molar-refractivity contribution in [2.45, 2.75) is 82.5 Å². The normalized spacial score (nSPS) is 26.2. The molecule has 3 aliphatic rings. The largest absolute Gasteiger partial charge is 0.351 e. The Bertz CT molecular complexity index is 921. The third-order valence-electron chi connectivity index (χ3n) is 7.12. The first-order valence-corrected chi connectivity index (χ1v) is 10.8. The average molecular weight is 380 g/mol. The number of carbonyl (C=O) groups excluding carboxylic acids is 2. The molecular formula is C23H29N3O2. The molecule has 5 heteroatoms. The molecule has 28 heavy (non-hydrogen) atoms. The second kappa shape index (κ2) is 6.64. The van der Waals surface area contributed by atoms with Crippen molar-refractivity contribution in [1.29, 1.82) is 0 Å². The molecular weight excluding hydrogens is 350 g/mol. The van der Waals surface area contributed by atoms with E-state index in [1.807, 2.05) is 42.2 Å². The van der Waals surface area contributed by atoms with E-state index in [-0.39, 0.29) is 23.9 Å². The highest BCUT2D eigenvalue weighted by Gasteiger charge is 2.51. The second-order valence-corrected chi connectivity index (χ2v) is 9.02. The number of carbonyl (C=O) groups is 2. The lowest BCUT2D eigenvalue weighted by molar-refractivity contribution is -0.135. The Hall–Kier alpha value is -2.30. The first-order valence-electron chi connectivity index (χ1n) is 10.8. The van der Waals surface area contributed by atoms with Gasteiger partial charge < -0.3 is 14.8 Å². The summed E-state index contributed by atoms with van der Waals surface area (Å²) in [6.45, 7) is 2.50. The van der Waals surface area contributed by atoms with E-state index in [0.29, 0.717) is 6.54 Å². The number of aromatic nitrogens is 1. The van der Waals surface area contributed by atoms with Crippen molar-refractivity contribution in [3.05, 3.63) is 36.0 Å². The minimum absolute atomic E-state index is 0.0124. The molecule has 0 unspecified atom stereocenters. The van der Waals surface area contributed by atoms with Gasteiger partial charge in [0.25, 0.3) is 5.91 Å². The second-order valence-electron chi connectivity index (χ2n) is 9.02. The summed E-state index contributed by atoms with van der Waals surface area (Å²) in [5.74, 6) is 0.0292. The highest BCUT2D eigenvalue weighted by atomic mass is 16.2. The van der Waals surface area contributed by atoms with Gasteiger partial charge in [-0.25, -0.2) is 0 Å². The molecule has 5 rings (SSSR count). The predicted molar refractivity (Wildman–Crippen MR) is 109 cm³/mol. The Kier molecular flexibility index (Phi) is 4.22. The molecule has 1 atom stereocenters. The van der Waals surface area contributed by atoms with Crippen LogP contribution in [-0.4, -0.2) is 38.9 Å². The van der Waals surface area contributed by atoms with Crippen LogP contribution in [0.2, 0.25) is 0 Å². The van der Waals surface area contributed by atoms with Gasteiger partial charge in [-0.3, -0.25) is 9.59 Å². The van der Waals surface area contributed by atoms with Gasteiger partial charge in [-0.1, -0.05) is 43.9 Å². The van der Waals surface area contributed by atoms with Gasteiger partial charge in [0.15, 0.2) is 0 Å². The number of benzene rings is 1. The summed E-state index contributed by atoms with van der Waals surface area (Å²) in [6, 6.07) is 10.5. The molecule has 0 spiro atoms. The third-order valence-corrected chi connectivity index (χ3v) is 7.12. The van der Waals surface area contributed by atoms with Gasteiger partial charge in [-0.2, -0.15) is 0 Å². The van der Waals surface area contributed by atoms with Crippen molar-refractivity contribution in [3.8, 4) is 0 Å². The molecule has 1 aromatic carbocycles. The van der Waals surface area contributed by atoms with Crippen molar-refractivity contribution >= 4 is 22.7 Å². The summed E-state index contributed by atoms with van der Waals surface area (Å²) < 4.78 is 2.07. The van der Waals surface area contributed by atoms with Crippen molar-refractivity contribution in [2.75, 3.05) is 0 Å². The molecule has 0 saturated heterocycles. The minimum atomic E-state index is -0.844. The maximum atomic E-state index is 13.7. The summed E-state index contributed by atoms with van der Waals surface area (Å²) in [7, 11) is 0. The fraction of sp³-hybridized carbons (Fsp3) is 0.565. The molecule has 2 aliphatic carbocycles. The summed E-state index contributed by atoms with van der Waals surface area (Å²) in [5, 5.41) is 4.36. The van der Waals surface area contributed by atoms with Crippen molar-refractivity contribution in [1.82, 2.24) is 14.8 Å². The molecule has 148 valence electrons. The number of amides is 2. The lowest BCUT2D eigenvalue weighted by Crippen LogP contribution is -2.67. The van der Waals surface area contributed by atoms with Crippen LogP contribution in [0.1, 0.15) is 68.8 Å². The SMILES string of the molecule is C[C@]1(C(=O)NC2CCCC2)Cn2c(cc3ccccc32)C(=O)N1C1CCCC1. The average Bonchev–Trinajstić information content (AvgIpc) is 3.43. The quantitative estimate of drug-likeness (QED) is 0.880. The zero-order valence-electron chi connectivity index (χ0n) is 16.6. The number of rotatable bonds is 3. The summed E-state index contributed by atoms with van der Waals surface area (Å²) in [4.78, 5) is 29.1. The predicted octanol–water partition coefficient (Wildman–Crippen LogP) is 3.86. The van der Waals surface area contributed by atoms with Gasteiger partial charge in [0.2, 0.25) is 5.91 Å². The first kappa shape index (κ1) is 17.8.